The maximum absolute atomic E-state index is 6.09. The van der Waals surface area contributed by atoms with E-state index < -0.39 is 8.32 Å². The normalized spacial score (nSPS) is 15.3. The molecule has 0 atom stereocenters. The van der Waals surface area contributed by atoms with Crippen LogP contribution in [0.3, 0.4) is 0 Å². The van der Waals surface area contributed by atoms with E-state index in [1.165, 1.54) is 33.4 Å². The lowest BCUT2D eigenvalue weighted by molar-refractivity contribution is 0.162. The van der Waals surface area contributed by atoms with Crippen LogP contribution in [0, 0.1) is 0 Å². The molecular formula is C23H26O2Si. The van der Waals surface area contributed by atoms with E-state index in [-0.39, 0.29) is 0 Å². The molecule has 0 heterocycles. The topological polar surface area (TPSA) is 18.5 Å². The minimum Gasteiger partial charge on any atom is -0.491 e. The van der Waals surface area contributed by atoms with Crippen LogP contribution < -0.4 is 0 Å². The van der Waals surface area contributed by atoms with Gasteiger partial charge in [0, 0.05) is 5.57 Å². The van der Waals surface area contributed by atoms with Gasteiger partial charge in [-0.05, 0) is 66.4 Å². The van der Waals surface area contributed by atoms with Gasteiger partial charge in [-0.3, -0.25) is 0 Å². The molecule has 2 aliphatic carbocycles. The number of hydrogen-bond donors (Lipinski definition) is 0. The molecule has 0 amide bonds. The Labute approximate surface area is 157 Å². The molecule has 3 heteroatoms. The zero-order chi connectivity index (χ0) is 18.1. The van der Waals surface area contributed by atoms with Gasteiger partial charge in [-0.1, -0.05) is 48.5 Å². The molecule has 0 fully saturated rings. The Hall–Kier alpha value is -2.10. The highest BCUT2D eigenvalue weighted by Crippen LogP contribution is 2.42. The Kier molecular flexibility index (Phi) is 4.59. The summed E-state index contributed by atoms with van der Waals surface area (Å²) in [4.78, 5) is 0. The molecule has 134 valence electrons. The third-order valence-corrected chi connectivity index (χ3v) is 6.01. The van der Waals surface area contributed by atoms with Crippen molar-refractivity contribution in [3.05, 3.63) is 77.1 Å². The van der Waals surface area contributed by atoms with E-state index in [0.717, 1.165) is 18.6 Å². The summed E-state index contributed by atoms with van der Waals surface area (Å²) in [7, 11) is -1.48. The quantitative estimate of drug-likeness (QED) is 0.408. The summed E-state index contributed by atoms with van der Waals surface area (Å²) in [6, 6.07) is 15.4. The van der Waals surface area contributed by atoms with Crippen LogP contribution in [0.5, 0.6) is 0 Å². The number of hydrogen-bond acceptors (Lipinski definition) is 2. The summed E-state index contributed by atoms with van der Waals surface area (Å²) in [6.07, 6.45) is 6.27. The van der Waals surface area contributed by atoms with Crippen LogP contribution in [0.1, 0.15) is 23.1 Å². The third-order valence-electron chi connectivity index (χ3n) is 4.94. The molecule has 0 aliphatic heterocycles. The van der Waals surface area contributed by atoms with Gasteiger partial charge < -0.3 is 9.16 Å². The van der Waals surface area contributed by atoms with Crippen molar-refractivity contribution < 1.29 is 9.16 Å². The third kappa shape index (κ3) is 3.42. The van der Waals surface area contributed by atoms with E-state index >= 15 is 0 Å². The highest BCUT2D eigenvalue weighted by molar-refractivity contribution is 6.69. The van der Waals surface area contributed by atoms with Crippen LogP contribution in [0.15, 0.2) is 60.4 Å². The molecule has 0 spiro atoms. The lowest BCUT2D eigenvalue weighted by Gasteiger charge is -2.18. The van der Waals surface area contributed by atoms with Gasteiger partial charge in [0.2, 0.25) is 0 Å². The van der Waals surface area contributed by atoms with Crippen molar-refractivity contribution >= 4 is 13.9 Å². The fourth-order valence-corrected chi connectivity index (χ4v) is 4.50. The fraction of sp³-hybridized carbons (Fsp3) is 0.304. The molecule has 0 bridgehead atoms. The Morgan fingerprint density at radius 1 is 0.885 bits per heavy atom. The molecular weight excluding hydrogens is 336 g/mol. The van der Waals surface area contributed by atoms with Crippen LogP contribution in [0.2, 0.25) is 19.6 Å². The molecule has 0 radical (unpaired) electrons. The van der Waals surface area contributed by atoms with Crippen molar-refractivity contribution in [2.75, 3.05) is 13.2 Å². The summed E-state index contributed by atoms with van der Waals surface area (Å²) < 4.78 is 12.0. The first-order chi connectivity index (χ1) is 12.5. The van der Waals surface area contributed by atoms with Crippen molar-refractivity contribution in [1.82, 2.24) is 0 Å². The first-order valence-corrected chi connectivity index (χ1v) is 12.8. The molecule has 0 saturated heterocycles. The summed E-state index contributed by atoms with van der Waals surface area (Å²) in [5.41, 5.74) is 8.26. The lowest BCUT2D eigenvalue weighted by Crippen LogP contribution is -2.27. The predicted molar refractivity (Wildman–Crippen MR) is 111 cm³/mol. The van der Waals surface area contributed by atoms with Crippen LogP contribution in [-0.4, -0.2) is 21.5 Å². The van der Waals surface area contributed by atoms with Crippen molar-refractivity contribution in [2.45, 2.75) is 32.5 Å². The predicted octanol–water partition coefficient (Wildman–Crippen LogP) is 5.80. The lowest BCUT2D eigenvalue weighted by atomic mass is 9.95. The van der Waals surface area contributed by atoms with E-state index in [4.69, 9.17) is 9.16 Å². The smallest absolute Gasteiger partial charge is 0.183 e. The maximum Gasteiger partial charge on any atom is 0.183 e. The summed E-state index contributed by atoms with van der Waals surface area (Å²) in [5.74, 6) is 1.01. The van der Waals surface area contributed by atoms with Crippen LogP contribution in [0.25, 0.3) is 16.7 Å². The average Bonchev–Trinajstić information content (AvgIpc) is 3.22. The van der Waals surface area contributed by atoms with Crippen LogP contribution in [-0.2, 0) is 15.6 Å². The number of fused-ring (bicyclic) bond motifs is 3. The standard InChI is InChI=1S/C23H26O2Si/c1-26(2,3)25-15-14-24-23-13-7-12-21(23)20-11-6-10-19-18-9-5-4-8-17(18)16-22(19)20/h4-11,13H,12,14-16H2,1-3H3. The summed E-state index contributed by atoms with van der Waals surface area (Å²) >= 11 is 0. The molecule has 26 heavy (non-hydrogen) atoms. The molecule has 2 nitrogen and oxygen atoms in total. The highest BCUT2D eigenvalue weighted by Gasteiger charge is 2.24. The molecule has 0 saturated carbocycles. The molecule has 0 aromatic heterocycles. The fourth-order valence-electron chi connectivity index (χ4n) is 3.80. The van der Waals surface area contributed by atoms with Crippen molar-refractivity contribution in [3.8, 4) is 11.1 Å². The van der Waals surface area contributed by atoms with Gasteiger partial charge in [-0.15, -0.1) is 0 Å². The van der Waals surface area contributed by atoms with Crippen LogP contribution in [0.4, 0.5) is 0 Å². The van der Waals surface area contributed by atoms with E-state index in [0.29, 0.717) is 13.2 Å². The van der Waals surface area contributed by atoms with Gasteiger partial charge in [0.1, 0.15) is 12.4 Å². The number of rotatable bonds is 6. The average molecular weight is 363 g/mol. The van der Waals surface area contributed by atoms with Crippen LogP contribution >= 0.6 is 0 Å². The summed E-state index contributed by atoms with van der Waals surface area (Å²) in [5, 5.41) is 0. The Balaban J connectivity index is 1.58. The molecule has 4 rings (SSSR count). The number of ether oxygens (including phenoxy) is 1. The first kappa shape index (κ1) is 17.3. The van der Waals surface area contributed by atoms with Gasteiger partial charge in [0.15, 0.2) is 8.32 Å². The van der Waals surface area contributed by atoms with Gasteiger partial charge in [0.05, 0.1) is 6.61 Å². The van der Waals surface area contributed by atoms with Gasteiger partial charge in [-0.2, -0.15) is 0 Å². The van der Waals surface area contributed by atoms with Crippen molar-refractivity contribution in [3.63, 3.8) is 0 Å². The maximum atomic E-state index is 6.09. The Morgan fingerprint density at radius 2 is 1.65 bits per heavy atom. The molecule has 2 aliphatic rings. The van der Waals surface area contributed by atoms with E-state index in [2.05, 4.69) is 74.3 Å². The minimum absolute atomic E-state index is 0.614. The minimum atomic E-state index is -1.48. The zero-order valence-electron chi connectivity index (χ0n) is 15.8. The van der Waals surface area contributed by atoms with Gasteiger partial charge >= 0.3 is 0 Å². The largest absolute Gasteiger partial charge is 0.491 e. The number of benzene rings is 2. The van der Waals surface area contributed by atoms with Crippen molar-refractivity contribution in [1.29, 1.82) is 0 Å². The van der Waals surface area contributed by atoms with E-state index in [1.54, 1.807) is 0 Å². The number of allylic oxidation sites excluding steroid dienone is 3. The molecule has 0 unspecified atom stereocenters. The highest BCUT2D eigenvalue weighted by atomic mass is 28.4. The van der Waals surface area contributed by atoms with E-state index in [1.807, 2.05) is 0 Å². The SMILES string of the molecule is C[Si](C)(C)OCCOC1=C(c2cccc3c2Cc2ccccc2-3)CC=C1. The Morgan fingerprint density at radius 3 is 2.50 bits per heavy atom. The summed E-state index contributed by atoms with van der Waals surface area (Å²) in [6.45, 7) is 7.90. The second kappa shape index (κ2) is 6.90. The van der Waals surface area contributed by atoms with E-state index in [9.17, 15) is 0 Å². The second-order valence-corrected chi connectivity index (χ2v) is 12.4. The molecule has 0 N–H and O–H groups in total. The molecule has 2 aromatic rings. The monoisotopic (exact) mass is 362 g/mol. The van der Waals surface area contributed by atoms with Gasteiger partial charge in [0.25, 0.3) is 0 Å². The van der Waals surface area contributed by atoms with Crippen molar-refractivity contribution in [2.24, 2.45) is 0 Å². The molecule has 2 aromatic carbocycles. The van der Waals surface area contributed by atoms with Gasteiger partial charge in [-0.25, -0.2) is 0 Å². The Bertz CT molecular complexity index is 887. The zero-order valence-corrected chi connectivity index (χ0v) is 16.8. The second-order valence-electron chi connectivity index (χ2n) is 7.92. The first-order valence-electron chi connectivity index (χ1n) is 9.40.